The van der Waals surface area contributed by atoms with Crippen molar-refractivity contribution < 1.29 is 9.32 Å². The summed E-state index contributed by atoms with van der Waals surface area (Å²) in [6, 6.07) is 8.89. The van der Waals surface area contributed by atoms with Gasteiger partial charge in [0.1, 0.15) is 11.5 Å². The minimum absolute atomic E-state index is 0.113. The Labute approximate surface area is 132 Å². The molecule has 7 heteroatoms. The van der Waals surface area contributed by atoms with Crippen molar-refractivity contribution in [1.82, 2.24) is 15.1 Å². The van der Waals surface area contributed by atoms with Crippen LogP contribution >= 0.6 is 0 Å². The number of rotatable bonds is 4. The van der Waals surface area contributed by atoms with Crippen molar-refractivity contribution in [2.45, 2.75) is 19.4 Å². The van der Waals surface area contributed by atoms with E-state index in [4.69, 9.17) is 10.3 Å². The summed E-state index contributed by atoms with van der Waals surface area (Å²) in [6.07, 6.45) is 3.41. The fourth-order valence-corrected chi connectivity index (χ4v) is 2.05. The highest BCUT2D eigenvalue weighted by molar-refractivity contribution is 6.02. The van der Waals surface area contributed by atoms with E-state index in [0.29, 0.717) is 11.4 Å². The number of hydrogen-bond donors (Lipinski definition) is 3. The first-order chi connectivity index (χ1) is 10.9. The molecule has 7 nitrogen and oxygen atoms in total. The van der Waals surface area contributed by atoms with Crippen LogP contribution in [0.2, 0.25) is 0 Å². The van der Waals surface area contributed by atoms with Crippen LogP contribution < -0.4 is 11.1 Å². The predicted molar refractivity (Wildman–Crippen MR) is 85.7 cm³/mol. The van der Waals surface area contributed by atoms with Crippen LogP contribution in [0.1, 0.15) is 30.1 Å². The Balaban J connectivity index is 1.78. The molecule has 0 atom stereocenters. The average molecular weight is 311 g/mol. The third-order valence-corrected chi connectivity index (χ3v) is 3.29. The molecule has 0 aliphatic carbocycles. The lowest BCUT2D eigenvalue weighted by molar-refractivity contribution is 0.0987. The van der Waals surface area contributed by atoms with E-state index in [0.717, 1.165) is 11.4 Å². The summed E-state index contributed by atoms with van der Waals surface area (Å²) in [5.74, 6) is 0.458. The lowest BCUT2D eigenvalue weighted by atomic mass is 10.0. The van der Waals surface area contributed by atoms with Gasteiger partial charge in [-0.3, -0.25) is 4.79 Å². The zero-order chi connectivity index (χ0) is 16.4. The Bertz CT molecular complexity index is 815. The molecule has 0 radical (unpaired) electrons. The molecular weight excluding hydrogens is 294 g/mol. The SMILES string of the molecule is CC(C)(N)c1cc(C(=O)Nc2cccc(-c3ncc[nH]3)c2)on1. The molecule has 0 aliphatic rings. The van der Waals surface area contributed by atoms with Crippen molar-refractivity contribution in [3.63, 3.8) is 0 Å². The largest absolute Gasteiger partial charge is 0.351 e. The zero-order valence-electron chi connectivity index (χ0n) is 12.8. The van der Waals surface area contributed by atoms with Gasteiger partial charge >= 0.3 is 0 Å². The van der Waals surface area contributed by atoms with E-state index < -0.39 is 5.54 Å². The molecule has 3 rings (SSSR count). The third kappa shape index (κ3) is 3.29. The van der Waals surface area contributed by atoms with E-state index in [9.17, 15) is 4.79 Å². The van der Waals surface area contributed by atoms with Crippen LogP contribution in [-0.2, 0) is 5.54 Å². The van der Waals surface area contributed by atoms with Gasteiger partial charge in [0.25, 0.3) is 5.91 Å². The highest BCUT2D eigenvalue weighted by Crippen LogP contribution is 2.21. The van der Waals surface area contributed by atoms with Gasteiger partial charge in [-0.2, -0.15) is 0 Å². The summed E-state index contributed by atoms with van der Waals surface area (Å²) in [4.78, 5) is 19.4. The second-order valence-corrected chi connectivity index (χ2v) is 5.77. The topological polar surface area (TPSA) is 110 Å². The van der Waals surface area contributed by atoms with E-state index in [1.165, 1.54) is 0 Å². The van der Waals surface area contributed by atoms with Crippen LogP contribution in [-0.4, -0.2) is 21.0 Å². The molecule has 4 N–H and O–H groups in total. The van der Waals surface area contributed by atoms with Crippen molar-refractivity contribution in [1.29, 1.82) is 0 Å². The zero-order valence-corrected chi connectivity index (χ0v) is 12.8. The van der Waals surface area contributed by atoms with Crippen LogP contribution in [0.5, 0.6) is 0 Å². The van der Waals surface area contributed by atoms with Gasteiger partial charge in [0.2, 0.25) is 5.76 Å². The number of aromatic nitrogens is 3. The van der Waals surface area contributed by atoms with Gasteiger partial charge in [-0.1, -0.05) is 17.3 Å². The van der Waals surface area contributed by atoms with Gasteiger partial charge in [0.05, 0.1) is 5.54 Å². The van der Waals surface area contributed by atoms with E-state index in [1.54, 1.807) is 38.4 Å². The Morgan fingerprint density at radius 1 is 1.35 bits per heavy atom. The Morgan fingerprint density at radius 2 is 2.17 bits per heavy atom. The first-order valence-corrected chi connectivity index (χ1v) is 7.11. The molecule has 0 spiro atoms. The molecule has 118 valence electrons. The van der Waals surface area contributed by atoms with E-state index in [-0.39, 0.29) is 11.7 Å². The molecule has 2 heterocycles. The molecule has 1 amide bonds. The van der Waals surface area contributed by atoms with Gasteiger partial charge in [-0.05, 0) is 26.0 Å². The number of nitrogens with zero attached hydrogens (tertiary/aromatic N) is 2. The quantitative estimate of drug-likeness (QED) is 0.685. The number of H-pyrrole nitrogens is 1. The number of anilines is 1. The normalized spacial score (nSPS) is 11.4. The fourth-order valence-electron chi connectivity index (χ4n) is 2.05. The first kappa shape index (κ1) is 15.0. The van der Waals surface area contributed by atoms with E-state index in [1.807, 2.05) is 18.2 Å². The highest BCUT2D eigenvalue weighted by atomic mass is 16.5. The van der Waals surface area contributed by atoms with Crippen molar-refractivity contribution in [2.24, 2.45) is 5.73 Å². The molecule has 0 unspecified atom stereocenters. The molecule has 0 bridgehead atoms. The van der Waals surface area contributed by atoms with Crippen LogP contribution in [0, 0.1) is 0 Å². The van der Waals surface area contributed by atoms with Gasteiger partial charge in [-0.15, -0.1) is 0 Å². The number of nitrogens with two attached hydrogens (primary N) is 1. The monoisotopic (exact) mass is 311 g/mol. The third-order valence-electron chi connectivity index (χ3n) is 3.29. The molecule has 3 aromatic rings. The second kappa shape index (κ2) is 5.69. The standard InChI is InChI=1S/C16H17N5O2/c1-16(2,17)13-9-12(23-21-13)15(22)20-11-5-3-4-10(8-11)14-18-6-7-19-14/h3-9H,17H2,1-2H3,(H,18,19)(H,20,22). The molecule has 2 aromatic heterocycles. The maximum Gasteiger partial charge on any atom is 0.294 e. The number of benzene rings is 1. The Kier molecular flexibility index (Phi) is 3.71. The number of carbonyl (C=O) groups excluding carboxylic acids is 1. The summed E-state index contributed by atoms with van der Waals surface area (Å²) < 4.78 is 5.07. The molecule has 0 saturated carbocycles. The molecular formula is C16H17N5O2. The van der Waals surface area contributed by atoms with Crippen molar-refractivity contribution >= 4 is 11.6 Å². The molecule has 23 heavy (non-hydrogen) atoms. The number of amides is 1. The number of imidazole rings is 1. The molecule has 0 aliphatic heterocycles. The maximum absolute atomic E-state index is 12.2. The van der Waals surface area contributed by atoms with Gasteiger partial charge in [0, 0.05) is 29.7 Å². The summed E-state index contributed by atoms with van der Waals surface area (Å²) >= 11 is 0. The minimum atomic E-state index is -0.665. The molecule has 1 aromatic carbocycles. The first-order valence-electron chi connectivity index (χ1n) is 7.11. The number of hydrogen-bond acceptors (Lipinski definition) is 5. The summed E-state index contributed by atoms with van der Waals surface area (Å²) in [5, 5.41) is 6.60. The highest BCUT2D eigenvalue weighted by Gasteiger charge is 2.22. The predicted octanol–water partition coefficient (Wildman–Crippen LogP) is 2.51. The van der Waals surface area contributed by atoms with Crippen molar-refractivity contribution in [3.05, 3.63) is 54.2 Å². The van der Waals surface area contributed by atoms with Crippen molar-refractivity contribution in [2.75, 3.05) is 5.32 Å². The van der Waals surface area contributed by atoms with Crippen LogP contribution in [0.3, 0.4) is 0 Å². The molecule has 0 fully saturated rings. The summed E-state index contributed by atoms with van der Waals surface area (Å²) in [5.41, 5.74) is 7.29. The van der Waals surface area contributed by atoms with E-state index >= 15 is 0 Å². The summed E-state index contributed by atoms with van der Waals surface area (Å²) in [6.45, 7) is 3.58. The van der Waals surface area contributed by atoms with Gasteiger partial charge in [-0.25, -0.2) is 4.98 Å². The molecule has 0 saturated heterocycles. The smallest absolute Gasteiger partial charge is 0.294 e. The number of nitrogens with one attached hydrogen (secondary N) is 2. The van der Waals surface area contributed by atoms with Crippen LogP contribution in [0.4, 0.5) is 5.69 Å². The van der Waals surface area contributed by atoms with Gasteiger partial charge < -0.3 is 20.6 Å². The lowest BCUT2D eigenvalue weighted by Crippen LogP contribution is -2.28. The second-order valence-electron chi connectivity index (χ2n) is 5.77. The number of aromatic amines is 1. The Morgan fingerprint density at radius 3 is 2.83 bits per heavy atom. The average Bonchev–Trinajstić information content (AvgIpc) is 3.19. The van der Waals surface area contributed by atoms with Gasteiger partial charge in [0.15, 0.2) is 0 Å². The fraction of sp³-hybridized carbons (Fsp3) is 0.188. The van der Waals surface area contributed by atoms with Crippen LogP contribution in [0.25, 0.3) is 11.4 Å². The minimum Gasteiger partial charge on any atom is -0.351 e. The maximum atomic E-state index is 12.2. The summed E-state index contributed by atoms with van der Waals surface area (Å²) in [7, 11) is 0. The number of carbonyl (C=O) groups is 1. The lowest BCUT2D eigenvalue weighted by Gasteiger charge is -2.12. The van der Waals surface area contributed by atoms with E-state index in [2.05, 4.69) is 20.4 Å². The van der Waals surface area contributed by atoms with Crippen LogP contribution in [0.15, 0.2) is 47.2 Å². The Hall–Kier alpha value is -2.93. The van der Waals surface area contributed by atoms with Crippen molar-refractivity contribution in [3.8, 4) is 11.4 Å².